The molecule has 0 radical (unpaired) electrons. The summed E-state index contributed by atoms with van der Waals surface area (Å²) in [6, 6.07) is 5.97. The normalized spacial score (nSPS) is 19.6. The van der Waals surface area contributed by atoms with Crippen molar-refractivity contribution in [3.05, 3.63) is 29.8 Å². The maximum atomic E-state index is 12.7. The Morgan fingerprint density at radius 1 is 1.38 bits per heavy atom. The number of piperazine rings is 1. The average molecular weight is 335 g/mol. The molecular formula is C13H19ClN2O4S. The van der Waals surface area contributed by atoms with E-state index in [9.17, 15) is 13.2 Å². The first-order chi connectivity index (χ1) is 9.48. The molecule has 1 aliphatic heterocycles. The Hall–Kier alpha value is -1.15. The van der Waals surface area contributed by atoms with Gasteiger partial charge in [0.1, 0.15) is 0 Å². The first-order valence-corrected chi connectivity index (χ1v) is 7.82. The number of hydrogen-bond donors (Lipinski definition) is 1. The molecule has 1 aromatic carbocycles. The van der Waals surface area contributed by atoms with Crippen molar-refractivity contribution in [3.63, 3.8) is 0 Å². The third kappa shape index (κ3) is 3.55. The van der Waals surface area contributed by atoms with Crippen LogP contribution >= 0.6 is 12.4 Å². The Balaban J connectivity index is 0.00000220. The van der Waals surface area contributed by atoms with Crippen LogP contribution in [0.1, 0.15) is 17.3 Å². The van der Waals surface area contributed by atoms with E-state index in [1.54, 1.807) is 12.1 Å². The molecule has 1 unspecified atom stereocenters. The van der Waals surface area contributed by atoms with Gasteiger partial charge in [-0.15, -0.1) is 12.4 Å². The zero-order valence-electron chi connectivity index (χ0n) is 11.9. The first-order valence-electron chi connectivity index (χ1n) is 6.38. The number of benzene rings is 1. The van der Waals surface area contributed by atoms with Crippen molar-refractivity contribution >= 4 is 28.4 Å². The van der Waals surface area contributed by atoms with Crippen LogP contribution in [0.3, 0.4) is 0 Å². The molecule has 0 spiro atoms. The van der Waals surface area contributed by atoms with Crippen LogP contribution < -0.4 is 5.32 Å². The van der Waals surface area contributed by atoms with Crippen LogP contribution in [0.25, 0.3) is 0 Å². The van der Waals surface area contributed by atoms with Crippen LogP contribution in [-0.4, -0.2) is 51.5 Å². The lowest BCUT2D eigenvalue weighted by molar-refractivity contribution is 0.0596. The molecule has 1 N–H and O–H groups in total. The molecule has 0 aromatic heterocycles. The van der Waals surface area contributed by atoms with Gasteiger partial charge in [-0.25, -0.2) is 13.2 Å². The van der Waals surface area contributed by atoms with E-state index in [0.717, 1.165) is 0 Å². The minimum Gasteiger partial charge on any atom is -0.465 e. The predicted molar refractivity (Wildman–Crippen MR) is 81.3 cm³/mol. The monoisotopic (exact) mass is 334 g/mol. The van der Waals surface area contributed by atoms with Crippen molar-refractivity contribution in [2.45, 2.75) is 17.9 Å². The zero-order valence-corrected chi connectivity index (χ0v) is 13.5. The number of methoxy groups -OCH3 is 1. The first kappa shape index (κ1) is 17.9. The fourth-order valence-electron chi connectivity index (χ4n) is 2.28. The van der Waals surface area contributed by atoms with Gasteiger partial charge < -0.3 is 10.1 Å². The molecule has 2 rings (SSSR count). The second-order valence-corrected chi connectivity index (χ2v) is 6.52. The van der Waals surface area contributed by atoms with Crippen molar-refractivity contribution in [1.29, 1.82) is 0 Å². The summed E-state index contributed by atoms with van der Waals surface area (Å²) in [4.78, 5) is 11.7. The standard InChI is InChI=1S/C13H18N2O4S.ClH/c1-10-9-14-7-8-15(10)20(17,18)12-6-4-3-5-11(12)13(16)19-2;/h3-6,10,14H,7-9H2,1-2H3;1H. The Morgan fingerprint density at radius 3 is 2.67 bits per heavy atom. The molecule has 1 fully saturated rings. The van der Waals surface area contributed by atoms with Crippen molar-refractivity contribution < 1.29 is 17.9 Å². The van der Waals surface area contributed by atoms with Crippen molar-refractivity contribution in [2.75, 3.05) is 26.7 Å². The molecular weight excluding hydrogens is 316 g/mol. The molecule has 6 nitrogen and oxygen atoms in total. The van der Waals surface area contributed by atoms with Crippen LogP contribution in [0.15, 0.2) is 29.2 Å². The Kier molecular flexibility index (Phi) is 6.15. The number of carbonyl (C=O) groups excluding carboxylic acids is 1. The van der Waals surface area contributed by atoms with Gasteiger partial charge in [0.2, 0.25) is 10.0 Å². The Morgan fingerprint density at radius 2 is 2.05 bits per heavy atom. The molecule has 1 aliphatic rings. The number of hydrogen-bond acceptors (Lipinski definition) is 5. The van der Waals surface area contributed by atoms with E-state index in [-0.39, 0.29) is 28.9 Å². The molecule has 0 aliphatic carbocycles. The highest BCUT2D eigenvalue weighted by atomic mass is 35.5. The van der Waals surface area contributed by atoms with Gasteiger partial charge in [-0.1, -0.05) is 12.1 Å². The zero-order chi connectivity index (χ0) is 14.8. The minimum atomic E-state index is -3.70. The number of nitrogens with zero attached hydrogens (tertiary/aromatic N) is 1. The number of halogens is 1. The molecule has 8 heteroatoms. The lowest BCUT2D eigenvalue weighted by Gasteiger charge is -2.33. The average Bonchev–Trinajstić information content (AvgIpc) is 2.46. The summed E-state index contributed by atoms with van der Waals surface area (Å²) in [5, 5.41) is 3.14. The number of sulfonamides is 1. The predicted octanol–water partition coefficient (Wildman–Crippen LogP) is 0.877. The smallest absolute Gasteiger partial charge is 0.339 e. The van der Waals surface area contributed by atoms with Crippen molar-refractivity contribution in [1.82, 2.24) is 9.62 Å². The minimum absolute atomic E-state index is 0. The van der Waals surface area contributed by atoms with Crippen molar-refractivity contribution in [3.8, 4) is 0 Å². The van der Waals surface area contributed by atoms with Crippen LogP contribution in [-0.2, 0) is 14.8 Å². The second kappa shape index (κ2) is 7.22. The number of nitrogens with one attached hydrogen (secondary N) is 1. The largest absolute Gasteiger partial charge is 0.465 e. The summed E-state index contributed by atoms with van der Waals surface area (Å²) < 4.78 is 31.5. The highest BCUT2D eigenvalue weighted by molar-refractivity contribution is 7.89. The highest BCUT2D eigenvalue weighted by Gasteiger charge is 2.33. The Bertz CT molecular complexity index is 606. The maximum absolute atomic E-state index is 12.7. The maximum Gasteiger partial charge on any atom is 0.339 e. The van der Waals surface area contributed by atoms with Gasteiger partial charge in [-0.2, -0.15) is 4.31 Å². The molecule has 1 atom stereocenters. The van der Waals surface area contributed by atoms with Gasteiger partial charge >= 0.3 is 5.97 Å². The van der Waals surface area contributed by atoms with E-state index in [1.807, 2.05) is 6.92 Å². The van der Waals surface area contributed by atoms with E-state index in [4.69, 9.17) is 0 Å². The number of carbonyl (C=O) groups is 1. The third-order valence-corrected chi connectivity index (χ3v) is 5.39. The van der Waals surface area contributed by atoms with Gasteiger partial charge in [0.15, 0.2) is 0 Å². The van der Waals surface area contributed by atoms with Crippen LogP contribution in [0.4, 0.5) is 0 Å². The number of rotatable bonds is 3. The van der Waals surface area contributed by atoms with E-state index < -0.39 is 16.0 Å². The topological polar surface area (TPSA) is 75.7 Å². The SMILES string of the molecule is COC(=O)c1ccccc1S(=O)(=O)N1CCNCC1C.Cl. The van der Waals surface area contributed by atoms with Gasteiger partial charge in [-0.05, 0) is 19.1 Å². The summed E-state index contributed by atoms with van der Waals surface area (Å²) >= 11 is 0. The summed E-state index contributed by atoms with van der Waals surface area (Å²) in [5.74, 6) is -0.646. The molecule has 0 amide bonds. The summed E-state index contributed by atoms with van der Waals surface area (Å²) in [5.41, 5.74) is 0.0701. The van der Waals surface area contributed by atoms with Crippen LogP contribution in [0.5, 0.6) is 0 Å². The lowest BCUT2D eigenvalue weighted by Crippen LogP contribution is -2.52. The molecule has 0 saturated carbocycles. The van der Waals surface area contributed by atoms with Gasteiger partial charge in [0.25, 0.3) is 0 Å². The van der Waals surface area contributed by atoms with E-state index in [0.29, 0.717) is 19.6 Å². The summed E-state index contributed by atoms with van der Waals surface area (Å²) in [6.45, 7) is 3.42. The van der Waals surface area contributed by atoms with E-state index in [2.05, 4.69) is 10.1 Å². The molecule has 21 heavy (non-hydrogen) atoms. The highest BCUT2D eigenvalue weighted by Crippen LogP contribution is 2.23. The van der Waals surface area contributed by atoms with E-state index >= 15 is 0 Å². The summed E-state index contributed by atoms with van der Waals surface area (Å²) in [6.07, 6.45) is 0. The van der Waals surface area contributed by atoms with Crippen molar-refractivity contribution in [2.24, 2.45) is 0 Å². The van der Waals surface area contributed by atoms with Crippen LogP contribution in [0.2, 0.25) is 0 Å². The molecule has 1 saturated heterocycles. The number of ether oxygens (including phenoxy) is 1. The van der Waals surface area contributed by atoms with Crippen LogP contribution in [0, 0.1) is 0 Å². The lowest BCUT2D eigenvalue weighted by atomic mass is 10.2. The summed E-state index contributed by atoms with van der Waals surface area (Å²) in [7, 11) is -2.47. The molecule has 118 valence electrons. The molecule has 0 bridgehead atoms. The van der Waals surface area contributed by atoms with Gasteiger partial charge in [0.05, 0.1) is 17.6 Å². The number of esters is 1. The fourth-order valence-corrected chi connectivity index (χ4v) is 4.09. The Labute approximate surface area is 130 Å². The van der Waals surface area contributed by atoms with Gasteiger partial charge in [-0.3, -0.25) is 0 Å². The second-order valence-electron chi connectivity index (χ2n) is 4.66. The fraction of sp³-hybridized carbons (Fsp3) is 0.462. The van der Waals surface area contributed by atoms with Gasteiger partial charge in [0, 0.05) is 25.7 Å². The molecule has 1 aromatic rings. The third-order valence-electron chi connectivity index (χ3n) is 3.32. The quantitative estimate of drug-likeness (QED) is 0.830. The van der Waals surface area contributed by atoms with E-state index in [1.165, 1.54) is 23.5 Å². The molecule has 1 heterocycles.